The summed E-state index contributed by atoms with van der Waals surface area (Å²) in [6.45, 7) is 10.1. The molecule has 5 nitrogen and oxygen atoms in total. The number of carbonyl (C=O) groups excluding carboxylic acids is 2. The number of nitrogens with zero attached hydrogens (tertiary/aromatic N) is 1. The van der Waals surface area contributed by atoms with Crippen LogP contribution in [-0.4, -0.2) is 41.9 Å². The van der Waals surface area contributed by atoms with Gasteiger partial charge in [0.1, 0.15) is 5.82 Å². The van der Waals surface area contributed by atoms with Crippen molar-refractivity contribution < 1.29 is 14.0 Å². The van der Waals surface area contributed by atoms with Gasteiger partial charge in [0.05, 0.1) is 6.54 Å². The molecule has 0 unspecified atom stereocenters. The summed E-state index contributed by atoms with van der Waals surface area (Å²) in [5, 5.41) is 5.87. The summed E-state index contributed by atoms with van der Waals surface area (Å²) in [5.74, 6) is -0.295. The summed E-state index contributed by atoms with van der Waals surface area (Å²) in [5.41, 5.74) is 1.38. The molecule has 1 aliphatic heterocycles. The first kappa shape index (κ1) is 20.8. The van der Waals surface area contributed by atoms with Crippen molar-refractivity contribution in [3.63, 3.8) is 0 Å². The zero-order chi connectivity index (χ0) is 20.5. The average Bonchev–Trinajstić information content (AvgIpc) is 2.51. The van der Waals surface area contributed by atoms with E-state index in [1.165, 1.54) is 12.1 Å². The third kappa shape index (κ3) is 5.31. The van der Waals surface area contributed by atoms with E-state index in [1.54, 1.807) is 6.07 Å². The lowest BCUT2D eigenvalue weighted by molar-refractivity contribution is -0.129. The van der Waals surface area contributed by atoms with Crippen molar-refractivity contribution in [1.29, 1.82) is 0 Å². The Morgan fingerprint density at radius 2 is 1.82 bits per heavy atom. The van der Waals surface area contributed by atoms with Crippen LogP contribution >= 0.6 is 0 Å². The number of amides is 2. The molecule has 1 aliphatic carbocycles. The number of benzene rings is 1. The number of hydrogen-bond acceptors (Lipinski definition) is 3. The Balaban J connectivity index is 1.44. The Bertz CT molecular complexity index is 720. The van der Waals surface area contributed by atoms with Gasteiger partial charge in [-0.1, -0.05) is 0 Å². The number of aryl methyl sites for hydroxylation is 1. The van der Waals surface area contributed by atoms with Gasteiger partial charge in [-0.3, -0.25) is 14.5 Å². The molecule has 1 saturated heterocycles. The van der Waals surface area contributed by atoms with Crippen molar-refractivity contribution in [2.45, 2.75) is 58.9 Å². The molecule has 154 valence electrons. The molecule has 6 heteroatoms. The fourth-order valence-electron chi connectivity index (χ4n) is 4.54. The lowest BCUT2D eigenvalue weighted by atomic mass is 9.65. The van der Waals surface area contributed by atoms with Gasteiger partial charge in [0.15, 0.2) is 0 Å². The topological polar surface area (TPSA) is 61.4 Å². The number of halogens is 1. The second-order valence-electron chi connectivity index (χ2n) is 9.72. The van der Waals surface area contributed by atoms with Crippen LogP contribution in [-0.2, 0) is 9.59 Å². The molecule has 1 heterocycles. The third-order valence-corrected chi connectivity index (χ3v) is 5.73. The molecule has 0 radical (unpaired) electrons. The predicted molar refractivity (Wildman–Crippen MR) is 108 cm³/mol. The van der Waals surface area contributed by atoms with E-state index in [1.807, 2.05) is 27.7 Å². The second-order valence-corrected chi connectivity index (χ2v) is 9.72. The highest BCUT2D eigenvalue weighted by Gasteiger charge is 2.46. The second kappa shape index (κ2) is 7.82. The SMILES string of the molecule is Cc1cc(F)cc(NC(=O)C2CCC3(CC2)CN(CC(=O)NC(C)(C)C)C3)c1. The maximum atomic E-state index is 13.5. The maximum Gasteiger partial charge on any atom is 0.234 e. The molecule has 1 spiro atoms. The van der Waals surface area contributed by atoms with Crippen LogP contribution in [0, 0.1) is 24.1 Å². The number of anilines is 1. The summed E-state index contributed by atoms with van der Waals surface area (Å²) in [6, 6.07) is 4.60. The van der Waals surface area contributed by atoms with E-state index in [0.29, 0.717) is 12.2 Å². The van der Waals surface area contributed by atoms with Gasteiger partial charge in [0.25, 0.3) is 0 Å². The van der Waals surface area contributed by atoms with Crippen molar-refractivity contribution in [2.24, 2.45) is 11.3 Å². The molecule has 2 fully saturated rings. The summed E-state index contributed by atoms with van der Waals surface area (Å²) >= 11 is 0. The summed E-state index contributed by atoms with van der Waals surface area (Å²) < 4.78 is 13.5. The molecule has 2 amide bonds. The first-order valence-electron chi connectivity index (χ1n) is 10.2. The van der Waals surface area contributed by atoms with Gasteiger partial charge >= 0.3 is 0 Å². The molecule has 28 heavy (non-hydrogen) atoms. The molecule has 0 atom stereocenters. The van der Waals surface area contributed by atoms with Crippen LogP contribution < -0.4 is 10.6 Å². The molecular weight excluding hydrogens is 357 g/mol. The van der Waals surface area contributed by atoms with E-state index in [9.17, 15) is 14.0 Å². The fraction of sp³-hybridized carbons (Fsp3) is 0.636. The fourth-order valence-corrected chi connectivity index (χ4v) is 4.54. The van der Waals surface area contributed by atoms with E-state index in [-0.39, 0.29) is 34.5 Å². The van der Waals surface area contributed by atoms with Gasteiger partial charge < -0.3 is 10.6 Å². The molecule has 1 aromatic rings. The highest BCUT2D eigenvalue weighted by molar-refractivity contribution is 5.92. The minimum Gasteiger partial charge on any atom is -0.350 e. The predicted octanol–water partition coefficient (Wildman–Crippen LogP) is 3.48. The number of nitrogens with one attached hydrogen (secondary N) is 2. The Kier molecular flexibility index (Phi) is 5.80. The van der Waals surface area contributed by atoms with E-state index in [4.69, 9.17) is 0 Å². The van der Waals surface area contributed by atoms with E-state index in [0.717, 1.165) is 44.3 Å². The molecule has 1 aromatic carbocycles. The number of rotatable bonds is 4. The van der Waals surface area contributed by atoms with Gasteiger partial charge in [-0.2, -0.15) is 0 Å². The van der Waals surface area contributed by atoms with Gasteiger partial charge in [-0.05, 0) is 82.6 Å². The summed E-state index contributed by atoms with van der Waals surface area (Å²) in [6.07, 6.45) is 3.71. The Hall–Kier alpha value is -1.95. The molecule has 3 rings (SSSR count). The Labute approximate surface area is 167 Å². The number of likely N-dealkylation sites (tertiary alicyclic amines) is 1. The van der Waals surface area contributed by atoms with Crippen LogP contribution in [0.4, 0.5) is 10.1 Å². The summed E-state index contributed by atoms with van der Waals surface area (Å²) in [7, 11) is 0. The Morgan fingerprint density at radius 1 is 1.18 bits per heavy atom. The number of carbonyl (C=O) groups is 2. The van der Waals surface area contributed by atoms with Crippen LogP contribution in [0.25, 0.3) is 0 Å². The molecule has 0 bridgehead atoms. The lowest BCUT2D eigenvalue weighted by Crippen LogP contribution is -2.60. The van der Waals surface area contributed by atoms with Crippen LogP contribution in [0.5, 0.6) is 0 Å². The van der Waals surface area contributed by atoms with Crippen molar-refractivity contribution in [1.82, 2.24) is 10.2 Å². The van der Waals surface area contributed by atoms with Crippen molar-refractivity contribution in [2.75, 3.05) is 25.0 Å². The van der Waals surface area contributed by atoms with Crippen LogP contribution in [0.15, 0.2) is 18.2 Å². The first-order chi connectivity index (χ1) is 13.0. The van der Waals surface area contributed by atoms with Gasteiger partial charge in [-0.15, -0.1) is 0 Å². The monoisotopic (exact) mass is 389 g/mol. The first-order valence-corrected chi connectivity index (χ1v) is 10.2. The van der Waals surface area contributed by atoms with Crippen molar-refractivity contribution >= 4 is 17.5 Å². The highest BCUT2D eigenvalue weighted by atomic mass is 19.1. The zero-order valence-corrected chi connectivity index (χ0v) is 17.4. The standard InChI is InChI=1S/C22H32FN3O2/c1-15-9-17(23)11-18(10-15)24-20(28)16-5-7-22(8-6-16)13-26(14-22)12-19(27)25-21(2,3)4/h9-11,16H,5-8,12-14H2,1-4H3,(H,24,28)(H,25,27). The quantitative estimate of drug-likeness (QED) is 0.829. The smallest absolute Gasteiger partial charge is 0.234 e. The van der Waals surface area contributed by atoms with Gasteiger partial charge in [0, 0.05) is 30.2 Å². The Morgan fingerprint density at radius 3 is 2.39 bits per heavy atom. The minimum atomic E-state index is -0.331. The van der Waals surface area contributed by atoms with E-state index in [2.05, 4.69) is 15.5 Å². The van der Waals surface area contributed by atoms with Gasteiger partial charge in [-0.25, -0.2) is 4.39 Å². The third-order valence-electron chi connectivity index (χ3n) is 5.73. The van der Waals surface area contributed by atoms with Crippen LogP contribution in [0.3, 0.4) is 0 Å². The molecule has 0 aromatic heterocycles. The van der Waals surface area contributed by atoms with E-state index >= 15 is 0 Å². The minimum absolute atomic E-state index is 0.0133. The molecule has 2 N–H and O–H groups in total. The summed E-state index contributed by atoms with van der Waals surface area (Å²) in [4.78, 5) is 26.8. The van der Waals surface area contributed by atoms with Crippen molar-refractivity contribution in [3.8, 4) is 0 Å². The molecule has 2 aliphatic rings. The highest BCUT2D eigenvalue weighted by Crippen LogP contribution is 2.45. The molecule has 1 saturated carbocycles. The molecular formula is C22H32FN3O2. The average molecular weight is 390 g/mol. The van der Waals surface area contributed by atoms with E-state index < -0.39 is 0 Å². The van der Waals surface area contributed by atoms with Crippen LogP contribution in [0.2, 0.25) is 0 Å². The lowest BCUT2D eigenvalue weighted by Gasteiger charge is -2.53. The van der Waals surface area contributed by atoms with Crippen LogP contribution in [0.1, 0.15) is 52.0 Å². The largest absolute Gasteiger partial charge is 0.350 e. The maximum absolute atomic E-state index is 13.5. The van der Waals surface area contributed by atoms with Gasteiger partial charge in [0.2, 0.25) is 11.8 Å². The zero-order valence-electron chi connectivity index (χ0n) is 17.4. The van der Waals surface area contributed by atoms with Crippen molar-refractivity contribution in [3.05, 3.63) is 29.6 Å². The number of hydrogen-bond donors (Lipinski definition) is 2. The normalized spacial score (nSPS) is 19.9.